The summed E-state index contributed by atoms with van der Waals surface area (Å²) >= 11 is 0. The van der Waals surface area contributed by atoms with E-state index in [-0.39, 0.29) is 11.3 Å². The minimum Gasteiger partial charge on any atom is -0.368 e. The topological polar surface area (TPSA) is 85.1 Å². The number of carbonyl (C=O) groups is 2. The predicted octanol–water partition coefficient (Wildman–Crippen LogP) is 3.10. The quantitative estimate of drug-likeness (QED) is 0.901. The van der Waals surface area contributed by atoms with Crippen molar-refractivity contribution < 1.29 is 9.59 Å². The molecule has 132 valence electrons. The van der Waals surface area contributed by atoms with Crippen LogP contribution in [0, 0.1) is 12.3 Å². The molecule has 1 fully saturated rings. The second-order valence-corrected chi connectivity index (χ2v) is 7.91. The fraction of sp³-hybridized carbons (Fsp3) is 0.450. The van der Waals surface area contributed by atoms with Gasteiger partial charge in [0.15, 0.2) is 0 Å². The molecule has 1 aromatic carbocycles. The number of aryl methyl sites for hydroxylation is 1. The second-order valence-electron chi connectivity index (χ2n) is 7.91. The summed E-state index contributed by atoms with van der Waals surface area (Å²) in [5.74, 6) is -0.804. The molecule has 5 heteroatoms. The molecule has 3 rings (SSSR count). The van der Waals surface area contributed by atoms with Crippen LogP contribution in [0.25, 0.3) is 10.9 Å². The minimum absolute atomic E-state index is 0.168. The molecule has 25 heavy (non-hydrogen) atoms. The lowest BCUT2D eigenvalue weighted by molar-refractivity contribution is -0.126. The van der Waals surface area contributed by atoms with Crippen molar-refractivity contribution in [2.24, 2.45) is 11.1 Å². The van der Waals surface area contributed by atoms with E-state index in [0.717, 1.165) is 29.3 Å². The number of pyridine rings is 1. The molecule has 0 unspecified atom stereocenters. The van der Waals surface area contributed by atoms with Crippen molar-refractivity contribution in [1.29, 1.82) is 0 Å². The zero-order valence-corrected chi connectivity index (χ0v) is 15.1. The van der Waals surface area contributed by atoms with Gasteiger partial charge in [-0.3, -0.25) is 9.59 Å². The highest BCUT2D eigenvalue weighted by atomic mass is 16.2. The molecule has 0 radical (unpaired) electrons. The van der Waals surface area contributed by atoms with Crippen molar-refractivity contribution in [3.05, 3.63) is 41.6 Å². The van der Waals surface area contributed by atoms with Gasteiger partial charge in [-0.25, -0.2) is 4.98 Å². The monoisotopic (exact) mass is 339 g/mol. The highest BCUT2D eigenvalue weighted by Crippen LogP contribution is 2.40. The van der Waals surface area contributed by atoms with E-state index in [1.807, 2.05) is 31.2 Å². The molecule has 3 N–H and O–H groups in total. The van der Waals surface area contributed by atoms with Gasteiger partial charge in [-0.05, 0) is 55.7 Å². The third-order valence-electron chi connectivity index (χ3n) is 5.44. The SMILES string of the molecule is Cc1cc(C(=O)NC2(C(N)=O)CCC(C)(C)CC2)nc2ccccc12. The number of fused-ring (bicyclic) bond motifs is 1. The van der Waals surface area contributed by atoms with Crippen molar-refractivity contribution in [3.8, 4) is 0 Å². The summed E-state index contributed by atoms with van der Waals surface area (Å²) in [7, 11) is 0. The van der Waals surface area contributed by atoms with Gasteiger partial charge in [-0.1, -0.05) is 32.0 Å². The number of aromatic nitrogens is 1. The van der Waals surface area contributed by atoms with Gasteiger partial charge in [0, 0.05) is 5.39 Å². The molecule has 1 aliphatic carbocycles. The Morgan fingerprint density at radius 1 is 1.12 bits per heavy atom. The van der Waals surface area contributed by atoms with E-state index < -0.39 is 11.4 Å². The Morgan fingerprint density at radius 2 is 1.76 bits per heavy atom. The number of nitrogens with one attached hydrogen (secondary N) is 1. The molecule has 5 nitrogen and oxygen atoms in total. The zero-order valence-electron chi connectivity index (χ0n) is 15.1. The predicted molar refractivity (Wildman–Crippen MR) is 98.1 cm³/mol. The van der Waals surface area contributed by atoms with E-state index in [0.29, 0.717) is 18.5 Å². The second kappa shape index (κ2) is 6.14. The summed E-state index contributed by atoms with van der Waals surface area (Å²) in [4.78, 5) is 29.4. The van der Waals surface area contributed by atoms with Gasteiger partial charge in [0.05, 0.1) is 5.52 Å². The van der Waals surface area contributed by atoms with Crippen LogP contribution in [-0.2, 0) is 4.79 Å². The first-order chi connectivity index (χ1) is 11.7. The lowest BCUT2D eigenvalue weighted by atomic mass is 9.69. The maximum absolute atomic E-state index is 12.8. The van der Waals surface area contributed by atoms with Gasteiger partial charge in [-0.2, -0.15) is 0 Å². The number of hydrogen-bond donors (Lipinski definition) is 2. The number of benzene rings is 1. The molecule has 0 saturated heterocycles. The molecule has 1 aliphatic rings. The van der Waals surface area contributed by atoms with E-state index in [4.69, 9.17) is 5.73 Å². The van der Waals surface area contributed by atoms with Crippen molar-refractivity contribution in [1.82, 2.24) is 10.3 Å². The van der Waals surface area contributed by atoms with Crippen LogP contribution in [0.4, 0.5) is 0 Å². The van der Waals surface area contributed by atoms with Crippen LogP contribution >= 0.6 is 0 Å². The molecule has 1 heterocycles. The number of carbonyl (C=O) groups excluding carboxylic acids is 2. The van der Waals surface area contributed by atoms with Crippen LogP contribution in [0.1, 0.15) is 55.6 Å². The fourth-order valence-electron chi connectivity index (χ4n) is 3.53. The van der Waals surface area contributed by atoms with Gasteiger partial charge in [0.2, 0.25) is 5.91 Å². The number of amides is 2. The number of primary amides is 1. The third-order valence-corrected chi connectivity index (χ3v) is 5.44. The van der Waals surface area contributed by atoms with Gasteiger partial charge in [0.25, 0.3) is 5.91 Å². The van der Waals surface area contributed by atoms with Crippen LogP contribution in [0.5, 0.6) is 0 Å². The Balaban J connectivity index is 1.89. The molecule has 2 aromatic rings. The van der Waals surface area contributed by atoms with Gasteiger partial charge >= 0.3 is 0 Å². The first kappa shape index (κ1) is 17.4. The minimum atomic E-state index is -0.978. The number of nitrogens with two attached hydrogens (primary N) is 1. The van der Waals surface area contributed by atoms with Crippen molar-refractivity contribution in [2.45, 2.75) is 52.0 Å². The van der Waals surface area contributed by atoms with Crippen LogP contribution < -0.4 is 11.1 Å². The molecule has 0 spiro atoms. The number of nitrogens with zero attached hydrogens (tertiary/aromatic N) is 1. The standard InChI is InChI=1S/C20H25N3O2/c1-13-12-16(22-15-7-5-4-6-14(13)15)17(24)23-20(18(21)25)10-8-19(2,3)9-11-20/h4-7,12H,8-11H2,1-3H3,(H2,21,25)(H,23,24). The lowest BCUT2D eigenvalue weighted by Crippen LogP contribution is -2.59. The normalized spacial score (nSPS) is 18.7. The highest BCUT2D eigenvalue weighted by Gasteiger charge is 2.44. The van der Waals surface area contributed by atoms with E-state index in [1.165, 1.54) is 0 Å². The maximum atomic E-state index is 12.8. The van der Waals surface area contributed by atoms with Gasteiger partial charge in [-0.15, -0.1) is 0 Å². The summed E-state index contributed by atoms with van der Waals surface area (Å²) in [6.45, 7) is 6.30. The average molecular weight is 339 g/mol. The number of rotatable bonds is 3. The van der Waals surface area contributed by atoms with E-state index >= 15 is 0 Å². The zero-order chi connectivity index (χ0) is 18.2. The molecule has 1 saturated carbocycles. The molecule has 0 bridgehead atoms. The average Bonchev–Trinajstić information content (AvgIpc) is 2.56. The van der Waals surface area contributed by atoms with Crippen LogP contribution in [0.15, 0.2) is 30.3 Å². The van der Waals surface area contributed by atoms with E-state index in [2.05, 4.69) is 24.1 Å². The first-order valence-electron chi connectivity index (χ1n) is 8.71. The molecule has 0 aliphatic heterocycles. The molecule has 0 atom stereocenters. The maximum Gasteiger partial charge on any atom is 0.270 e. The summed E-state index contributed by atoms with van der Waals surface area (Å²) < 4.78 is 0. The summed E-state index contributed by atoms with van der Waals surface area (Å²) in [6.07, 6.45) is 2.82. The van der Waals surface area contributed by atoms with Crippen LogP contribution in [0.2, 0.25) is 0 Å². The van der Waals surface area contributed by atoms with Gasteiger partial charge < -0.3 is 11.1 Å². The smallest absolute Gasteiger partial charge is 0.270 e. The Kier molecular flexibility index (Phi) is 4.27. The Morgan fingerprint density at radius 3 is 2.40 bits per heavy atom. The van der Waals surface area contributed by atoms with Crippen molar-refractivity contribution in [3.63, 3.8) is 0 Å². The third kappa shape index (κ3) is 3.36. The highest BCUT2D eigenvalue weighted by molar-refractivity contribution is 5.99. The van der Waals surface area contributed by atoms with E-state index in [1.54, 1.807) is 6.07 Å². The van der Waals surface area contributed by atoms with Gasteiger partial charge in [0.1, 0.15) is 11.2 Å². The number of hydrogen-bond acceptors (Lipinski definition) is 3. The van der Waals surface area contributed by atoms with E-state index in [9.17, 15) is 9.59 Å². The van der Waals surface area contributed by atoms with Crippen molar-refractivity contribution >= 4 is 22.7 Å². The summed E-state index contributed by atoms with van der Waals surface area (Å²) in [5, 5.41) is 3.92. The summed E-state index contributed by atoms with van der Waals surface area (Å²) in [6, 6.07) is 9.46. The van der Waals surface area contributed by atoms with Crippen molar-refractivity contribution in [2.75, 3.05) is 0 Å². The molecular weight excluding hydrogens is 314 g/mol. The van der Waals surface area contributed by atoms with Crippen LogP contribution in [-0.4, -0.2) is 22.3 Å². The molecular formula is C20H25N3O2. The lowest BCUT2D eigenvalue weighted by Gasteiger charge is -2.41. The largest absolute Gasteiger partial charge is 0.368 e. The van der Waals surface area contributed by atoms with Crippen LogP contribution in [0.3, 0.4) is 0 Å². The Bertz CT molecular complexity index is 832. The first-order valence-corrected chi connectivity index (χ1v) is 8.71. The Hall–Kier alpha value is -2.43. The fourth-order valence-corrected chi connectivity index (χ4v) is 3.53. The molecule has 1 aromatic heterocycles. The number of para-hydroxylation sites is 1. The Labute approximate surface area is 148 Å². The molecule has 2 amide bonds. The summed E-state index contributed by atoms with van der Waals surface area (Å²) in [5.41, 5.74) is 6.92.